The minimum absolute atomic E-state index is 0.0548. The molecule has 1 atom stereocenters. The van der Waals surface area contributed by atoms with Gasteiger partial charge in [-0.3, -0.25) is 0 Å². The molecule has 1 unspecified atom stereocenters. The van der Waals surface area contributed by atoms with Crippen molar-refractivity contribution in [2.45, 2.75) is 12.5 Å². The van der Waals surface area contributed by atoms with Crippen molar-refractivity contribution in [1.29, 1.82) is 0 Å². The van der Waals surface area contributed by atoms with Gasteiger partial charge >= 0.3 is 0 Å². The largest absolute Gasteiger partial charge is 0.387 e. The number of halogens is 3. The third-order valence-electron chi connectivity index (χ3n) is 2.39. The Kier molecular flexibility index (Phi) is 4.05. The molecule has 1 heterocycles. The number of hydrogen-bond acceptors (Lipinski definition) is 2. The molecule has 1 N–H and O–H groups in total. The van der Waals surface area contributed by atoms with Gasteiger partial charge in [0.15, 0.2) is 0 Å². The van der Waals surface area contributed by atoms with Crippen LogP contribution in [-0.2, 0) is 6.42 Å². The maximum atomic E-state index is 13.2. The van der Waals surface area contributed by atoms with E-state index in [1.165, 1.54) is 17.4 Å². The molecule has 0 aliphatic carbocycles. The van der Waals surface area contributed by atoms with E-state index in [-0.39, 0.29) is 11.4 Å². The highest BCUT2D eigenvalue weighted by molar-refractivity contribution is 7.10. The van der Waals surface area contributed by atoms with Gasteiger partial charge in [0.1, 0.15) is 5.82 Å². The van der Waals surface area contributed by atoms with Gasteiger partial charge in [-0.2, -0.15) is 0 Å². The van der Waals surface area contributed by atoms with Crippen LogP contribution in [0.15, 0.2) is 29.6 Å². The van der Waals surface area contributed by atoms with Gasteiger partial charge in [0.05, 0.1) is 21.0 Å². The molecule has 0 saturated heterocycles. The lowest BCUT2D eigenvalue weighted by atomic mass is 10.1. The van der Waals surface area contributed by atoms with E-state index in [1.54, 1.807) is 23.6 Å². The SMILES string of the molecule is OC(Cc1cccc(F)c1Cl)c1sccc1Cl. The van der Waals surface area contributed by atoms with Crippen LogP contribution in [0.5, 0.6) is 0 Å². The molecule has 1 aromatic heterocycles. The highest BCUT2D eigenvalue weighted by Crippen LogP contribution is 2.32. The van der Waals surface area contributed by atoms with E-state index in [1.807, 2.05) is 0 Å². The van der Waals surface area contributed by atoms with E-state index < -0.39 is 11.9 Å². The second kappa shape index (κ2) is 5.36. The molecule has 1 nitrogen and oxygen atoms in total. The number of aliphatic hydroxyl groups excluding tert-OH is 1. The maximum absolute atomic E-state index is 13.2. The zero-order valence-corrected chi connectivity index (χ0v) is 11.0. The van der Waals surface area contributed by atoms with Crippen LogP contribution >= 0.6 is 34.5 Å². The Hall–Kier alpha value is -0.610. The molecule has 2 rings (SSSR count). The van der Waals surface area contributed by atoms with Gasteiger partial charge in [-0.05, 0) is 23.1 Å². The molecule has 0 amide bonds. The maximum Gasteiger partial charge on any atom is 0.142 e. The molecule has 0 aliphatic rings. The fourth-order valence-electron chi connectivity index (χ4n) is 1.55. The van der Waals surface area contributed by atoms with E-state index in [2.05, 4.69) is 0 Å². The monoisotopic (exact) mass is 290 g/mol. The van der Waals surface area contributed by atoms with Gasteiger partial charge in [0, 0.05) is 6.42 Å². The molecule has 0 spiro atoms. The first-order valence-corrected chi connectivity index (χ1v) is 6.57. The lowest BCUT2D eigenvalue weighted by Crippen LogP contribution is -2.01. The number of benzene rings is 1. The molecule has 0 radical (unpaired) electrons. The highest BCUT2D eigenvalue weighted by Gasteiger charge is 2.16. The van der Waals surface area contributed by atoms with Crippen molar-refractivity contribution in [2.75, 3.05) is 0 Å². The van der Waals surface area contributed by atoms with Crippen LogP contribution in [-0.4, -0.2) is 5.11 Å². The first kappa shape index (κ1) is 12.8. The minimum atomic E-state index is -0.762. The molecule has 0 saturated carbocycles. The Morgan fingerprint density at radius 1 is 1.29 bits per heavy atom. The summed E-state index contributed by atoms with van der Waals surface area (Å²) >= 11 is 13.1. The molecule has 1 aromatic carbocycles. The predicted octanol–water partition coefficient (Wildman–Crippen LogP) is 4.47. The van der Waals surface area contributed by atoms with Crippen LogP contribution in [0.2, 0.25) is 10.0 Å². The van der Waals surface area contributed by atoms with Crippen molar-refractivity contribution < 1.29 is 9.50 Å². The average molecular weight is 291 g/mol. The zero-order chi connectivity index (χ0) is 12.4. The lowest BCUT2D eigenvalue weighted by molar-refractivity contribution is 0.182. The van der Waals surface area contributed by atoms with Crippen LogP contribution in [0.25, 0.3) is 0 Å². The van der Waals surface area contributed by atoms with Crippen molar-refractivity contribution in [3.8, 4) is 0 Å². The summed E-state index contributed by atoms with van der Waals surface area (Å²) in [6.07, 6.45) is -0.515. The molecule has 17 heavy (non-hydrogen) atoms. The fraction of sp³-hybridized carbons (Fsp3) is 0.167. The fourth-order valence-corrected chi connectivity index (χ4v) is 2.92. The third-order valence-corrected chi connectivity index (χ3v) is 4.28. The summed E-state index contributed by atoms with van der Waals surface area (Å²) in [5, 5.41) is 12.4. The molecule has 2 aromatic rings. The molecule has 0 aliphatic heterocycles. The quantitative estimate of drug-likeness (QED) is 0.884. The average Bonchev–Trinajstić information content (AvgIpc) is 2.71. The number of thiophene rings is 1. The van der Waals surface area contributed by atoms with Crippen LogP contribution in [0.1, 0.15) is 16.5 Å². The first-order chi connectivity index (χ1) is 8.09. The Morgan fingerprint density at radius 3 is 2.71 bits per heavy atom. The van der Waals surface area contributed by atoms with Crippen molar-refractivity contribution in [1.82, 2.24) is 0 Å². The van der Waals surface area contributed by atoms with Crippen molar-refractivity contribution in [3.05, 3.63) is 55.9 Å². The normalized spacial score (nSPS) is 12.7. The predicted molar refractivity (Wildman–Crippen MR) is 69.4 cm³/mol. The summed E-state index contributed by atoms with van der Waals surface area (Å²) in [6, 6.07) is 6.27. The van der Waals surface area contributed by atoms with E-state index >= 15 is 0 Å². The highest BCUT2D eigenvalue weighted by atomic mass is 35.5. The smallest absolute Gasteiger partial charge is 0.142 e. The van der Waals surface area contributed by atoms with Crippen LogP contribution in [0.4, 0.5) is 4.39 Å². The van der Waals surface area contributed by atoms with Crippen LogP contribution in [0, 0.1) is 5.82 Å². The van der Waals surface area contributed by atoms with Gasteiger partial charge in [-0.25, -0.2) is 4.39 Å². The number of hydrogen-bond donors (Lipinski definition) is 1. The summed E-state index contributed by atoms with van der Waals surface area (Å²) in [7, 11) is 0. The van der Waals surface area contributed by atoms with Crippen LogP contribution < -0.4 is 0 Å². The summed E-state index contributed by atoms with van der Waals surface area (Å²) in [6.45, 7) is 0. The third kappa shape index (κ3) is 2.80. The summed E-state index contributed by atoms with van der Waals surface area (Å²) in [5.74, 6) is -0.478. The van der Waals surface area contributed by atoms with Crippen molar-refractivity contribution in [3.63, 3.8) is 0 Å². The van der Waals surface area contributed by atoms with Gasteiger partial charge < -0.3 is 5.11 Å². The molecule has 90 valence electrons. The van der Waals surface area contributed by atoms with E-state index in [9.17, 15) is 9.50 Å². The van der Waals surface area contributed by atoms with Crippen LogP contribution in [0.3, 0.4) is 0 Å². The van der Waals surface area contributed by atoms with E-state index in [0.717, 1.165) is 0 Å². The summed E-state index contributed by atoms with van der Waals surface area (Å²) < 4.78 is 13.2. The zero-order valence-electron chi connectivity index (χ0n) is 8.66. The standard InChI is InChI=1S/C12H9Cl2FOS/c13-8-4-5-17-12(8)10(16)6-7-2-1-3-9(15)11(7)14/h1-5,10,16H,6H2. The van der Waals surface area contributed by atoms with Crippen molar-refractivity contribution in [2.24, 2.45) is 0 Å². The second-order valence-corrected chi connectivity index (χ2v) is 5.30. The first-order valence-electron chi connectivity index (χ1n) is 4.93. The van der Waals surface area contributed by atoms with E-state index in [0.29, 0.717) is 15.5 Å². The second-order valence-electron chi connectivity index (χ2n) is 3.57. The van der Waals surface area contributed by atoms with Crippen molar-refractivity contribution >= 4 is 34.5 Å². The van der Waals surface area contributed by atoms with Gasteiger partial charge in [0.2, 0.25) is 0 Å². The van der Waals surface area contributed by atoms with E-state index in [4.69, 9.17) is 23.2 Å². The molecule has 0 bridgehead atoms. The minimum Gasteiger partial charge on any atom is -0.387 e. The number of rotatable bonds is 3. The lowest BCUT2D eigenvalue weighted by Gasteiger charge is -2.11. The topological polar surface area (TPSA) is 20.2 Å². The van der Waals surface area contributed by atoms with Gasteiger partial charge in [0.25, 0.3) is 0 Å². The Balaban J connectivity index is 2.22. The summed E-state index contributed by atoms with van der Waals surface area (Å²) in [4.78, 5) is 0.673. The molecular weight excluding hydrogens is 282 g/mol. The molecular formula is C12H9Cl2FOS. The molecule has 0 fully saturated rings. The number of aliphatic hydroxyl groups is 1. The Bertz CT molecular complexity index is 527. The van der Waals surface area contributed by atoms with Gasteiger partial charge in [-0.15, -0.1) is 11.3 Å². The summed E-state index contributed by atoms with van der Waals surface area (Å²) in [5.41, 5.74) is 0.573. The molecule has 5 heteroatoms. The van der Waals surface area contributed by atoms with Gasteiger partial charge in [-0.1, -0.05) is 35.3 Å². The Labute approximate surface area is 112 Å². The Morgan fingerprint density at radius 2 is 2.06 bits per heavy atom.